The van der Waals surface area contributed by atoms with Gasteiger partial charge in [0.25, 0.3) is 0 Å². The van der Waals surface area contributed by atoms with Crippen LogP contribution < -0.4 is 0 Å². The number of hydrogen-bond donors (Lipinski definition) is 0. The zero-order chi connectivity index (χ0) is 37.5. The van der Waals surface area contributed by atoms with Crippen molar-refractivity contribution in [1.29, 1.82) is 0 Å². The predicted molar refractivity (Wildman–Crippen MR) is 217 cm³/mol. The smallest absolute Gasteiger partial charge is 0.131 e. The van der Waals surface area contributed by atoms with Gasteiger partial charge in [0.05, 0.1) is 0 Å². The topological polar surface area (TPSA) is 0 Å². The number of benzene rings is 6. The first-order chi connectivity index (χ1) is 25.1. The van der Waals surface area contributed by atoms with E-state index in [2.05, 4.69) is 13.8 Å². The van der Waals surface area contributed by atoms with Crippen molar-refractivity contribution in [2.45, 2.75) is 65.7 Å². The van der Waals surface area contributed by atoms with Crippen molar-refractivity contribution in [1.82, 2.24) is 0 Å². The molecule has 0 N–H and O–H groups in total. The maximum Gasteiger partial charge on any atom is 0.131 e. The average molecular weight is 760 g/mol. The third kappa shape index (κ3) is 12.3. The van der Waals surface area contributed by atoms with Crippen LogP contribution in [0.15, 0.2) is 127 Å². The molecule has 0 nitrogen and oxygen atoms in total. The highest BCUT2D eigenvalue weighted by atomic mass is 35.5. The van der Waals surface area contributed by atoms with Crippen LogP contribution in [0, 0.1) is 17.5 Å². The van der Waals surface area contributed by atoms with Crippen molar-refractivity contribution in [3.63, 3.8) is 0 Å². The molecule has 270 valence electrons. The minimum atomic E-state index is -0.179. The first-order valence-corrected chi connectivity index (χ1v) is 18.9. The minimum Gasteiger partial charge on any atom is -0.206 e. The number of halogens is 6. The quantitative estimate of drug-likeness (QED) is 0.122. The first kappa shape index (κ1) is 40.7. The van der Waals surface area contributed by atoms with E-state index in [0.29, 0.717) is 31.8 Å². The first-order valence-electron chi connectivity index (χ1n) is 17.7. The molecule has 0 atom stereocenters. The van der Waals surface area contributed by atoms with Crippen molar-refractivity contribution >= 4 is 34.8 Å². The standard InChI is InChI=1S/C17H18ClF.C15H14ClF.C14H12ClF/c1-2-3-4-5-13-6-11-16(17(19)12-13)14-7-9-15(18)10-8-14;1-2-3-11-4-9-14(15(17)10-11)12-5-7-13(16)8-6-12;1-2-10-3-8-13(14(16)9-10)11-4-6-12(15)7-5-11/h6-12H,2-5H2,1H3;4-10H,2-3H2,1H3;3-9H,2H2,1H3. The fourth-order valence-electron chi connectivity index (χ4n) is 5.67. The van der Waals surface area contributed by atoms with Crippen molar-refractivity contribution in [2.75, 3.05) is 0 Å². The largest absolute Gasteiger partial charge is 0.206 e. The van der Waals surface area contributed by atoms with Gasteiger partial charge < -0.3 is 0 Å². The average Bonchev–Trinajstić information content (AvgIpc) is 3.14. The Hall–Kier alpha value is -4.02. The van der Waals surface area contributed by atoms with Crippen LogP contribution in [0.4, 0.5) is 13.2 Å². The Morgan fingerprint density at radius 1 is 0.385 bits per heavy atom. The van der Waals surface area contributed by atoms with Crippen molar-refractivity contribution in [3.8, 4) is 33.4 Å². The molecular weight excluding hydrogens is 716 g/mol. The van der Waals surface area contributed by atoms with Crippen molar-refractivity contribution in [2.24, 2.45) is 0 Å². The van der Waals surface area contributed by atoms with Gasteiger partial charge in [0.1, 0.15) is 17.5 Å². The molecule has 0 aromatic heterocycles. The molecule has 0 aliphatic rings. The van der Waals surface area contributed by atoms with Gasteiger partial charge in [0.2, 0.25) is 0 Å². The molecule has 0 saturated heterocycles. The summed E-state index contributed by atoms with van der Waals surface area (Å²) in [6.07, 6.45) is 7.24. The summed E-state index contributed by atoms with van der Waals surface area (Å²) in [6, 6.07) is 38.0. The van der Waals surface area contributed by atoms with Crippen LogP contribution in [0.3, 0.4) is 0 Å². The zero-order valence-corrected chi connectivity index (χ0v) is 32.1. The minimum absolute atomic E-state index is 0.156. The Morgan fingerprint density at radius 2 is 0.731 bits per heavy atom. The Kier molecular flexibility index (Phi) is 16.4. The van der Waals surface area contributed by atoms with Crippen LogP contribution in [0.5, 0.6) is 0 Å². The summed E-state index contributed by atoms with van der Waals surface area (Å²) in [7, 11) is 0. The summed E-state index contributed by atoms with van der Waals surface area (Å²) in [4.78, 5) is 0. The molecule has 52 heavy (non-hydrogen) atoms. The van der Waals surface area contributed by atoms with Gasteiger partial charge in [-0.1, -0.05) is 148 Å². The second-order valence-corrected chi connectivity index (χ2v) is 13.8. The summed E-state index contributed by atoms with van der Waals surface area (Å²) < 4.78 is 41.8. The lowest BCUT2D eigenvalue weighted by Gasteiger charge is -2.07. The fraction of sp³-hybridized carbons (Fsp3) is 0.217. The molecule has 6 rings (SSSR count). The van der Waals surface area contributed by atoms with E-state index >= 15 is 0 Å². The van der Waals surface area contributed by atoms with E-state index in [0.717, 1.165) is 65.5 Å². The fourth-order valence-corrected chi connectivity index (χ4v) is 6.04. The van der Waals surface area contributed by atoms with E-state index in [1.165, 1.54) is 12.8 Å². The summed E-state index contributed by atoms with van der Waals surface area (Å²) in [5.74, 6) is -0.503. The van der Waals surface area contributed by atoms with E-state index < -0.39 is 0 Å². The van der Waals surface area contributed by atoms with Gasteiger partial charge in [-0.3, -0.25) is 0 Å². The predicted octanol–water partition coefficient (Wildman–Crippen LogP) is 15.7. The Balaban J connectivity index is 0.000000175. The molecule has 0 unspecified atom stereocenters. The highest BCUT2D eigenvalue weighted by Gasteiger charge is 2.08. The molecule has 6 aromatic rings. The van der Waals surface area contributed by atoms with Crippen LogP contribution in [0.2, 0.25) is 15.1 Å². The normalized spacial score (nSPS) is 10.6. The maximum atomic E-state index is 14.1. The van der Waals surface area contributed by atoms with Crippen LogP contribution in [0.1, 0.15) is 63.1 Å². The van der Waals surface area contributed by atoms with E-state index in [9.17, 15) is 13.2 Å². The highest BCUT2D eigenvalue weighted by molar-refractivity contribution is 6.31. The van der Waals surface area contributed by atoms with Crippen LogP contribution in [0.25, 0.3) is 33.4 Å². The summed E-state index contributed by atoms with van der Waals surface area (Å²) >= 11 is 17.4. The monoisotopic (exact) mass is 758 g/mol. The molecule has 0 radical (unpaired) electrons. The molecule has 0 spiro atoms. The van der Waals surface area contributed by atoms with Gasteiger partial charge in [-0.05, 0) is 114 Å². The van der Waals surface area contributed by atoms with Gasteiger partial charge in [-0.25, -0.2) is 13.2 Å². The molecule has 0 bridgehead atoms. The molecular formula is C46H44Cl3F3. The molecule has 0 aliphatic carbocycles. The Bertz CT molecular complexity index is 1990. The lowest BCUT2D eigenvalue weighted by atomic mass is 10.0. The lowest BCUT2D eigenvalue weighted by molar-refractivity contribution is 0.626. The highest BCUT2D eigenvalue weighted by Crippen LogP contribution is 2.28. The molecule has 0 amide bonds. The number of unbranched alkanes of at least 4 members (excludes halogenated alkanes) is 2. The molecule has 0 heterocycles. The van der Waals surface area contributed by atoms with Crippen LogP contribution >= 0.6 is 34.8 Å². The molecule has 0 aliphatic heterocycles. The van der Waals surface area contributed by atoms with E-state index in [1.54, 1.807) is 54.6 Å². The molecule has 0 fully saturated rings. The van der Waals surface area contributed by atoms with Gasteiger partial charge in [-0.2, -0.15) is 0 Å². The Morgan fingerprint density at radius 3 is 1.06 bits per heavy atom. The second-order valence-electron chi connectivity index (χ2n) is 12.5. The molecule has 6 heteroatoms. The van der Waals surface area contributed by atoms with E-state index in [1.807, 2.05) is 79.7 Å². The van der Waals surface area contributed by atoms with Crippen molar-refractivity contribution in [3.05, 3.63) is 177 Å². The van der Waals surface area contributed by atoms with Crippen molar-refractivity contribution < 1.29 is 13.2 Å². The second kappa shape index (κ2) is 20.9. The summed E-state index contributed by atoms with van der Waals surface area (Å²) in [6.45, 7) is 6.27. The van der Waals surface area contributed by atoms with E-state index in [-0.39, 0.29) is 17.5 Å². The van der Waals surface area contributed by atoms with Gasteiger partial charge in [0, 0.05) is 31.8 Å². The van der Waals surface area contributed by atoms with Gasteiger partial charge in [-0.15, -0.1) is 0 Å². The van der Waals surface area contributed by atoms with Crippen LogP contribution in [-0.4, -0.2) is 0 Å². The third-order valence-corrected chi connectivity index (χ3v) is 9.34. The number of hydrogen-bond acceptors (Lipinski definition) is 0. The zero-order valence-electron chi connectivity index (χ0n) is 29.8. The molecule has 0 saturated carbocycles. The van der Waals surface area contributed by atoms with Gasteiger partial charge >= 0.3 is 0 Å². The lowest BCUT2D eigenvalue weighted by Crippen LogP contribution is -1.90. The number of rotatable bonds is 10. The third-order valence-electron chi connectivity index (χ3n) is 8.58. The maximum absolute atomic E-state index is 14.1. The number of aryl methyl sites for hydroxylation is 3. The Labute approximate surface area is 322 Å². The molecule has 6 aromatic carbocycles. The SMILES string of the molecule is CCCCCc1ccc(-c2ccc(Cl)cc2)c(F)c1.CCCc1ccc(-c2ccc(Cl)cc2)c(F)c1.CCc1ccc(-c2ccc(Cl)cc2)c(F)c1. The van der Waals surface area contributed by atoms with Crippen LogP contribution in [-0.2, 0) is 19.3 Å². The summed E-state index contributed by atoms with van der Waals surface area (Å²) in [5, 5.41) is 1.99. The summed E-state index contributed by atoms with van der Waals surface area (Å²) in [5.41, 5.74) is 7.58. The van der Waals surface area contributed by atoms with E-state index in [4.69, 9.17) is 34.8 Å². The van der Waals surface area contributed by atoms with Gasteiger partial charge in [0.15, 0.2) is 0 Å².